The van der Waals surface area contributed by atoms with Gasteiger partial charge in [-0.1, -0.05) is 41.5 Å². The van der Waals surface area contributed by atoms with Crippen molar-refractivity contribution in [3.63, 3.8) is 0 Å². The molecule has 0 amide bonds. The first-order chi connectivity index (χ1) is 11.5. The summed E-state index contributed by atoms with van der Waals surface area (Å²) >= 11 is 0. The Labute approximate surface area is 152 Å². The van der Waals surface area contributed by atoms with Crippen LogP contribution in [-0.2, 0) is 15.6 Å². The molecule has 0 radical (unpaired) electrons. The van der Waals surface area contributed by atoms with Crippen molar-refractivity contribution in [3.8, 4) is 5.75 Å². The first-order valence-electron chi connectivity index (χ1n) is 9.21. The van der Waals surface area contributed by atoms with Crippen LogP contribution in [0.25, 0.3) is 0 Å². The fourth-order valence-corrected chi connectivity index (χ4v) is 3.17. The fraction of sp³-hybridized carbons (Fsp3) is 0.667. The first-order valence-corrected chi connectivity index (χ1v) is 9.21. The van der Waals surface area contributed by atoms with Crippen LogP contribution in [0.15, 0.2) is 12.1 Å². The number of ether oxygens (including phenoxy) is 1. The zero-order valence-electron chi connectivity index (χ0n) is 16.6. The standard InChI is InChI=1S/C21H33NO3/c1-20(2,3)16-13-15(14-17(19(16)24)21(4,5)6)18(23)7-8-22-9-11-25-12-10-22/h13-14,24H,7-12H2,1-6H3. The maximum absolute atomic E-state index is 12.8. The number of carbonyl (C=O) groups is 1. The van der Waals surface area contributed by atoms with Crippen molar-refractivity contribution >= 4 is 5.78 Å². The van der Waals surface area contributed by atoms with Gasteiger partial charge < -0.3 is 9.84 Å². The lowest BCUT2D eigenvalue weighted by Crippen LogP contribution is -2.37. The Hall–Kier alpha value is -1.39. The first kappa shape index (κ1) is 19.9. The quantitative estimate of drug-likeness (QED) is 0.840. The number of nitrogens with zero attached hydrogens (tertiary/aromatic N) is 1. The van der Waals surface area contributed by atoms with E-state index in [1.54, 1.807) is 0 Å². The molecule has 0 saturated carbocycles. The average molecular weight is 347 g/mol. The van der Waals surface area contributed by atoms with Crippen LogP contribution in [-0.4, -0.2) is 48.6 Å². The molecule has 1 aromatic carbocycles. The number of phenols is 1. The lowest BCUT2D eigenvalue weighted by atomic mass is 9.78. The van der Waals surface area contributed by atoms with Crippen molar-refractivity contribution in [1.82, 2.24) is 4.90 Å². The third kappa shape index (κ3) is 5.05. The number of carbonyl (C=O) groups excluding carboxylic acids is 1. The smallest absolute Gasteiger partial charge is 0.164 e. The van der Waals surface area contributed by atoms with Crippen LogP contribution in [0.1, 0.15) is 69.4 Å². The lowest BCUT2D eigenvalue weighted by molar-refractivity contribution is 0.0370. The van der Waals surface area contributed by atoms with E-state index >= 15 is 0 Å². The summed E-state index contributed by atoms with van der Waals surface area (Å²) in [7, 11) is 0. The molecule has 0 aliphatic carbocycles. The van der Waals surface area contributed by atoms with Crippen LogP contribution in [0.2, 0.25) is 0 Å². The summed E-state index contributed by atoms with van der Waals surface area (Å²) < 4.78 is 5.36. The summed E-state index contributed by atoms with van der Waals surface area (Å²) in [6.07, 6.45) is 0.498. The Morgan fingerprint density at radius 3 is 1.96 bits per heavy atom. The van der Waals surface area contributed by atoms with Crippen LogP contribution in [0, 0.1) is 0 Å². The summed E-state index contributed by atoms with van der Waals surface area (Å²) in [4.78, 5) is 15.1. The van der Waals surface area contributed by atoms with Crippen molar-refractivity contribution in [2.75, 3.05) is 32.8 Å². The summed E-state index contributed by atoms with van der Waals surface area (Å²) in [6.45, 7) is 16.4. The van der Waals surface area contributed by atoms with E-state index in [4.69, 9.17) is 4.74 Å². The van der Waals surface area contributed by atoms with Crippen LogP contribution in [0.4, 0.5) is 0 Å². The molecular formula is C21H33NO3. The van der Waals surface area contributed by atoms with Gasteiger partial charge in [-0.25, -0.2) is 0 Å². The molecule has 0 atom stereocenters. The SMILES string of the molecule is CC(C)(C)c1cc(C(=O)CCN2CCOCC2)cc(C(C)(C)C)c1O. The molecule has 1 saturated heterocycles. The largest absolute Gasteiger partial charge is 0.507 e. The predicted octanol–water partition coefficient (Wildman–Crippen LogP) is 3.89. The maximum Gasteiger partial charge on any atom is 0.164 e. The lowest BCUT2D eigenvalue weighted by Gasteiger charge is -2.28. The molecule has 4 heteroatoms. The minimum atomic E-state index is -0.218. The van der Waals surface area contributed by atoms with E-state index in [0.29, 0.717) is 17.7 Å². The van der Waals surface area contributed by atoms with Crippen molar-refractivity contribution in [3.05, 3.63) is 28.8 Å². The molecule has 1 aliphatic heterocycles. The van der Waals surface area contributed by atoms with Gasteiger partial charge >= 0.3 is 0 Å². The van der Waals surface area contributed by atoms with Gasteiger partial charge in [-0.15, -0.1) is 0 Å². The van der Waals surface area contributed by atoms with Gasteiger partial charge in [0.1, 0.15) is 5.75 Å². The molecule has 25 heavy (non-hydrogen) atoms. The molecule has 1 fully saturated rings. The van der Waals surface area contributed by atoms with E-state index in [-0.39, 0.29) is 16.6 Å². The van der Waals surface area contributed by atoms with Gasteiger partial charge in [-0.2, -0.15) is 0 Å². The van der Waals surface area contributed by atoms with E-state index in [1.165, 1.54) is 0 Å². The zero-order valence-corrected chi connectivity index (χ0v) is 16.6. The monoisotopic (exact) mass is 347 g/mol. The maximum atomic E-state index is 12.8. The number of Topliss-reactive ketones (excluding diaryl/α,β-unsaturated/α-hetero) is 1. The molecule has 1 aromatic rings. The molecule has 1 aliphatic rings. The van der Waals surface area contributed by atoms with Crippen molar-refractivity contribution < 1.29 is 14.6 Å². The fourth-order valence-electron chi connectivity index (χ4n) is 3.17. The highest BCUT2D eigenvalue weighted by atomic mass is 16.5. The third-order valence-corrected chi connectivity index (χ3v) is 4.81. The minimum Gasteiger partial charge on any atom is -0.507 e. The Balaban J connectivity index is 2.28. The number of hydrogen-bond donors (Lipinski definition) is 1. The second kappa shape index (κ2) is 7.46. The highest BCUT2D eigenvalue weighted by molar-refractivity contribution is 5.97. The second-order valence-electron chi connectivity index (χ2n) is 9.05. The van der Waals surface area contributed by atoms with E-state index in [1.807, 2.05) is 12.1 Å². The number of phenolic OH excluding ortho intramolecular Hbond substituents is 1. The summed E-state index contributed by atoms with van der Waals surface area (Å²) in [5, 5.41) is 10.8. The molecular weight excluding hydrogens is 314 g/mol. The molecule has 1 heterocycles. The molecule has 1 N–H and O–H groups in total. The third-order valence-electron chi connectivity index (χ3n) is 4.81. The van der Waals surface area contributed by atoms with Gasteiger partial charge in [0.2, 0.25) is 0 Å². The Morgan fingerprint density at radius 2 is 1.52 bits per heavy atom. The van der Waals surface area contributed by atoms with Crippen LogP contribution in [0.3, 0.4) is 0 Å². The molecule has 0 aromatic heterocycles. The number of aromatic hydroxyl groups is 1. The molecule has 0 unspecified atom stereocenters. The van der Waals surface area contributed by atoms with Crippen molar-refractivity contribution in [2.45, 2.75) is 58.8 Å². The van der Waals surface area contributed by atoms with Crippen LogP contribution < -0.4 is 0 Å². The van der Waals surface area contributed by atoms with Crippen LogP contribution in [0.5, 0.6) is 5.75 Å². The number of benzene rings is 1. The zero-order chi connectivity index (χ0) is 18.8. The molecule has 2 rings (SSSR count). The van der Waals surface area contributed by atoms with E-state index in [0.717, 1.165) is 44.0 Å². The van der Waals surface area contributed by atoms with E-state index in [9.17, 15) is 9.90 Å². The van der Waals surface area contributed by atoms with E-state index < -0.39 is 0 Å². The highest BCUT2D eigenvalue weighted by Gasteiger charge is 2.27. The van der Waals surface area contributed by atoms with E-state index in [2.05, 4.69) is 46.4 Å². The van der Waals surface area contributed by atoms with Gasteiger partial charge in [0.25, 0.3) is 0 Å². The summed E-state index contributed by atoms with van der Waals surface area (Å²) in [5.74, 6) is 0.465. The van der Waals surface area contributed by atoms with Gasteiger partial charge in [-0.05, 0) is 23.0 Å². The number of morpholine rings is 1. The van der Waals surface area contributed by atoms with Gasteiger partial charge in [-0.3, -0.25) is 9.69 Å². The summed E-state index contributed by atoms with van der Waals surface area (Å²) in [5.41, 5.74) is 1.96. The minimum absolute atomic E-state index is 0.141. The Kier molecular flexibility index (Phi) is 5.95. The molecule has 4 nitrogen and oxygen atoms in total. The number of ketones is 1. The van der Waals surface area contributed by atoms with Gasteiger partial charge in [0.15, 0.2) is 5.78 Å². The predicted molar refractivity (Wildman–Crippen MR) is 102 cm³/mol. The molecule has 0 bridgehead atoms. The average Bonchev–Trinajstić information content (AvgIpc) is 2.51. The van der Waals surface area contributed by atoms with Gasteiger partial charge in [0.05, 0.1) is 13.2 Å². The van der Waals surface area contributed by atoms with Crippen LogP contribution >= 0.6 is 0 Å². The molecule has 0 spiro atoms. The molecule has 140 valence electrons. The van der Waals surface area contributed by atoms with Crippen molar-refractivity contribution in [1.29, 1.82) is 0 Å². The topological polar surface area (TPSA) is 49.8 Å². The summed E-state index contributed by atoms with van der Waals surface area (Å²) in [6, 6.07) is 3.76. The Morgan fingerprint density at radius 1 is 1.04 bits per heavy atom. The van der Waals surface area contributed by atoms with Crippen molar-refractivity contribution in [2.24, 2.45) is 0 Å². The normalized spacial score (nSPS) is 16.9. The van der Waals surface area contributed by atoms with Gasteiger partial charge in [0, 0.05) is 42.7 Å². The number of hydrogen-bond acceptors (Lipinski definition) is 4. The second-order valence-corrected chi connectivity index (χ2v) is 9.05. The number of rotatable bonds is 4. The highest BCUT2D eigenvalue weighted by Crippen LogP contribution is 2.39. The Bertz CT molecular complexity index is 582.